The summed E-state index contributed by atoms with van der Waals surface area (Å²) in [4.78, 5) is 12.6. The minimum atomic E-state index is -3.42. The Morgan fingerprint density at radius 3 is 2.54 bits per heavy atom. The quantitative estimate of drug-likeness (QED) is 0.730. The number of para-hydroxylation sites is 1. The van der Waals surface area contributed by atoms with Crippen LogP contribution in [0, 0.1) is 0 Å². The fourth-order valence-electron chi connectivity index (χ4n) is 3.70. The van der Waals surface area contributed by atoms with Crippen molar-refractivity contribution in [1.82, 2.24) is 10.6 Å². The lowest BCUT2D eigenvalue weighted by Gasteiger charge is -2.29. The van der Waals surface area contributed by atoms with Gasteiger partial charge in [0.05, 0.1) is 17.0 Å². The van der Waals surface area contributed by atoms with E-state index in [-0.39, 0.29) is 17.7 Å². The van der Waals surface area contributed by atoms with Crippen LogP contribution < -0.4 is 15.4 Å². The molecule has 2 aliphatic rings. The maximum Gasteiger partial charge on any atom is 0.253 e. The summed E-state index contributed by atoms with van der Waals surface area (Å²) in [6, 6.07) is 7.91. The summed E-state index contributed by atoms with van der Waals surface area (Å²) in [5, 5.41) is 6.63. The molecule has 2 unspecified atom stereocenters. The van der Waals surface area contributed by atoms with Gasteiger partial charge in [0.25, 0.3) is 5.91 Å². The first-order valence-corrected chi connectivity index (χ1v) is 10.3. The van der Waals surface area contributed by atoms with Gasteiger partial charge in [-0.05, 0) is 44.2 Å². The zero-order chi connectivity index (χ0) is 17.2. The van der Waals surface area contributed by atoms with Crippen LogP contribution >= 0.6 is 0 Å². The highest BCUT2D eigenvalue weighted by Crippen LogP contribution is 2.27. The van der Waals surface area contributed by atoms with Gasteiger partial charge in [0.15, 0.2) is 0 Å². The number of rotatable bonds is 6. The molecule has 1 aromatic carbocycles. The normalized spacial score (nSPS) is 26.1. The SMILES string of the molecule is CCCS(=O)(=O)Nc1ccccc1C(=O)NC1CC2CCC(C1)N2. The van der Waals surface area contributed by atoms with Crippen LogP contribution in [-0.2, 0) is 10.0 Å². The largest absolute Gasteiger partial charge is 0.349 e. The molecule has 132 valence electrons. The number of carbonyl (C=O) groups is 1. The molecular weight excluding hydrogens is 326 g/mol. The Balaban J connectivity index is 1.71. The first-order valence-electron chi connectivity index (χ1n) is 8.63. The molecule has 7 heteroatoms. The molecule has 6 nitrogen and oxygen atoms in total. The van der Waals surface area contributed by atoms with Crippen LogP contribution in [0.4, 0.5) is 5.69 Å². The minimum Gasteiger partial charge on any atom is -0.349 e. The number of fused-ring (bicyclic) bond motifs is 2. The lowest BCUT2D eigenvalue weighted by Crippen LogP contribution is -2.48. The lowest BCUT2D eigenvalue weighted by molar-refractivity contribution is 0.0925. The van der Waals surface area contributed by atoms with Gasteiger partial charge < -0.3 is 10.6 Å². The Kier molecular flexibility index (Phi) is 5.10. The van der Waals surface area contributed by atoms with Crippen molar-refractivity contribution in [2.75, 3.05) is 10.5 Å². The van der Waals surface area contributed by atoms with Gasteiger partial charge in [0, 0.05) is 18.1 Å². The maximum absolute atomic E-state index is 12.6. The lowest BCUT2D eigenvalue weighted by atomic mass is 9.99. The number of benzene rings is 1. The van der Waals surface area contributed by atoms with Gasteiger partial charge in [-0.2, -0.15) is 0 Å². The third-order valence-corrected chi connectivity index (χ3v) is 6.19. The molecule has 2 fully saturated rings. The van der Waals surface area contributed by atoms with E-state index >= 15 is 0 Å². The predicted octanol–water partition coefficient (Wildman–Crippen LogP) is 1.85. The number of anilines is 1. The van der Waals surface area contributed by atoms with Crippen LogP contribution in [0.25, 0.3) is 0 Å². The fraction of sp³-hybridized carbons (Fsp3) is 0.588. The summed E-state index contributed by atoms with van der Waals surface area (Å²) in [6.45, 7) is 1.81. The highest BCUT2D eigenvalue weighted by molar-refractivity contribution is 7.92. The van der Waals surface area contributed by atoms with Crippen molar-refractivity contribution in [2.24, 2.45) is 0 Å². The molecule has 0 spiro atoms. The molecule has 0 radical (unpaired) electrons. The molecule has 1 aromatic rings. The molecule has 3 N–H and O–H groups in total. The third kappa shape index (κ3) is 4.08. The molecular formula is C17H25N3O3S. The molecule has 0 aliphatic carbocycles. The van der Waals surface area contributed by atoms with Crippen LogP contribution in [0.2, 0.25) is 0 Å². The number of piperidine rings is 1. The second-order valence-corrected chi connectivity index (χ2v) is 8.59. The first kappa shape index (κ1) is 17.2. The number of nitrogens with one attached hydrogen (secondary N) is 3. The molecule has 2 heterocycles. The standard InChI is InChI=1S/C17H25N3O3S/c1-2-9-24(22,23)20-16-6-4-3-5-15(16)17(21)19-14-10-12-7-8-13(11-14)18-12/h3-6,12-14,18,20H,2,7-11H2,1H3,(H,19,21). The van der Waals surface area contributed by atoms with E-state index in [4.69, 9.17) is 0 Å². The van der Waals surface area contributed by atoms with Crippen molar-refractivity contribution in [1.29, 1.82) is 0 Å². The van der Waals surface area contributed by atoms with Gasteiger partial charge in [0.1, 0.15) is 0 Å². The van der Waals surface area contributed by atoms with E-state index < -0.39 is 10.0 Å². The monoisotopic (exact) mass is 351 g/mol. The second-order valence-electron chi connectivity index (χ2n) is 6.75. The van der Waals surface area contributed by atoms with E-state index in [1.54, 1.807) is 24.3 Å². The van der Waals surface area contributed by atoms with Crippen molar-refractivity contribution in [3.05, 3.63) is 29.8 Å². The Bertz CT molecular complexity index is 693. The second kappa shape index (κ2) is 7.11. The molecule has 1 amide bonds. The smallest absolute Gasteiger partial charge is 0.253 e. The molecule has 2 atom stereocenters. The van der Waals surface area contributed by atoms with Crippen LogP contribution in [0.5, 0.6) is 0 Å². The summed E-state index contributed by atoms with van der Waals surface area (Å²) in [7, 11) is -3.42. The van der Waals surface area contributed by atoms with Crippen LogP contribution in [0.15, 0.2) is 24.3 Å². The topological polar surface area (TPSA) is 87.3 Å². The molecule has 3 rings (SSSR count). The van der Waals surface area contributed by atoms with Gasteiger partial charge in [-0.15, -0.1) is 0 Å². The van der Waals surface area contributed by atoms with Gasteiger partial charge in [-0.1, -0.05) is 19.1 Å². The molecule has 24 heavy (non-hydrogen) atoms. The Morgan fingerprint density at radius 2 is 1.88 bits per heavy atom. The van der Waals surface area contributed by atoms with Gasteiger partial charge in [-0.3, -0.25) is 9.52 Å². The van der Waals surface area contributed by atoms with E-state index in [9.17, 15) is 13.2 Å². The van der Waals surface area contributed by atoms with E-state index in [0.29, 0.717) is 29.8 Å². The number of carbonyl (C=O) groups excluding carboxylic acids is 1. The van der Waals surface area contributed by atoms with Crippen molar-refractivity contribution < 1.29 is 13.2 Å². The van der Waals surface area contributed by atoms with E-state index in [1.165, 1.54) is 12.8 Å². The zero-order valence-electron chi connectivity index (χ0n) is 13.9. The van der Waals surface area contributed by atoms with E-state index in [0.717, 1.165) is 12.8 Å². The summed E-state index contributed by atoms with van der Waals surface area (Å²) >= 11 is 0. The summed E-state index contributed by atoms with van der Waals surface area (Å²) in [6.07, 6.45) is 4.74. The zero-order valence-corrected chi connectivity index (χ0v) is 14.7. The average molecular weight is 351 g/mol. The van der Waals surface area contributed by atoms with Gasteiger partial charge in [0.2, 0.25) is 10.0 Å². The number of sulfonamides is 1. The Hall–Kier alpha value is -1.60. The van der Waals surface area contributed by atoms with Crippen LogP contribution in [0.1, 0.15) is 49.4 Å². The van der Waals surface area contributed by atoms with Crippen LogP contribution in [-0.4, -0.2) is 38.2 Å². The molecule has 2 saturated heterocycles. The highest BCUT2D eigenvalue weighted by atomic mass is 32.2. The Labute approximate surface area is 143 Å². The first-order chi connectivity index (χ1) is 11.5. The van der Waals surface area contributed by atoms with Crippen molar-refractivity contribution in [3.8, 4) is 0 Å². The number of hydrogen-bond donors (Lipinski definition) is 3. The summed E-state index contributed by atoms with van der Waals surface area (Å²) in [5.41, 5.74) is 0.725. The van der Waals surface area contributed by atoms with Crippen molar-refractivity contribution in [3.63, 3.8) is 0 Å². The molecule has 0 saturated carbocycles. The Morgan fingerprint density at radius 1 is 1.21 bits per heavy atom. The van der Waals surface area contributed by atoms with Gasteiger partial charge in [-0.25, -0.2) is 8.42 Å². The fourth-order valence-corrected chi connectivity index (χ4v) is 4.85. The average Bonchev–Trinajstić information content (AvgIpc) is 2.86. The van der Waals surface area contributed by atoms with E-state index in [1.807, 2.05) is 6.92 Å². The minimum absolute atomic E-state index is 0.0423. The molecule has 2 bridgehead atoms. The van der Waals surface area contributed by atoms with Crippen molar-refractivity contribution >= 4 is 21.6 Å². The van der Waals surface area contributed by atoms with Gasteiger partial charge >= 0.3 is 0 Å². The van der Waals surface area contributed by atoms with Crippen LogP contribution in [0.3, 0.4) is 0 Å². The molecule has 2 aliphatic heterocycles. The third-order valence-electron chi connectivity index (χ3n) is 4.72. The number of amides is 1. The predicted molar refractivity (Wildman–Crippen MR) is 94.6 cm³/mol. The maximum atomic E-state index is 12.6. The summed E-state index contributed by atoms with van der Waals surface area (Å²) < 4.78 is 26.6. The molecule has 0 aromatic heterocycles. The number of hydrogen-bond acceptors (Lipinski definition) is 4. The summed E-state index contributed by atoms with van der Waals surface area (Å²) in [5.74, 6) is -0.170. The van der Waals surface area contributed by atoms with Crippen molar-refractivity contribution in [2.45, 2.75) is 57.2 Å². The van der Waals surface area contributed by atoms with E-state index in [2.05, 4.69) is 15.4 Å². The highest BCUT2D eigenvalue weighted by Gasteiger charge is 2.34.